The molecule has 1 aromatic carbocycles. The van der Waals surface area contributed by atoms with Crippen molar-refractivity contribution in [1.29, 1.82) is 0 Å². The van der Waals surface area contributed by atoms with E-state index in [0.717, 1.165) is 32.0 Å². The summed E-state index contributed by atoms with van der Waals surface area (Å²) in [5.74, 6) is 1.02. The average molecular weight is 402 g/mol. The Morgan fingerprint density at radius 1 is 1.12 bits per heavy atom. The maximum absolute atomic E-state index is 12.3. The third-order valence-corrected chi connectivity index (χ3v) is 5.23. The lowest BCUT2D eigenvalue weighted by Gasteiger charge is -2.27. The summed E-state index contributed by atoms with van der Waals surface area (Å²) in [6, 6.07) is 9.14. The summed E-state index contributed by atoms with van der Waals surface area (Å²) in [5, 5.41) is 3.92. The van der Waals surface area contributed by atoms with Crippen LogP contribution >= 0.6 is 34.8 Å². The predicted molar refractivity (Wildman–Crippen MR) is 101 cm³/mol. The van der Waals surface area contributed by atoms with Crippen LogP contribution in [0.15, 0.2) is 36.5 Å². The zero-order valence-electron chi connectivity index (χ0n) is 13.5. The maximum atomic E-state index is 12.3. The number of piperazine rings is 1. The van der Waals surface area contributed by atoms with Crippen molar-refractivity contribution in [2.24, 2.45) is 0 Å². The molecule has 1 fully saturated rings. The Hall–Kier alpha value is -1.53. The summed E-state index contributed by atoms with van der Waals surface area (Å²) in [5.41, 5.74) is 0.484. The van der Waals surface area contributed by atoms with Crippen molar-refractivity contribution in [2.75, 3.05) is 42.9 Å². The molecule has 1 aliphatic rings. The van der Waals surface area contributed by atoms with Crippen LogP contribution in [-0.4, -0.2) is 38.6 Å². The third kappa shape index (κ3) is 4.76. The third-order valence-electron chi connectivity index (χ3n) is 4.20. The first-order valence-corrected chi connectivity index (χ1v) is 9.16. The van der Waals surface area contributed by atoms with Gasteiger partial charge in [-0.1, -0.05) is 40.9 Å². The van der Waals surface area contributed by atoms with E-state index in [1.807, 2.05) is 18.3 Å². The largest absolute Gasteiger partial charge is 0.321 e. The van der Waals surface area contributed by atoms with Crippen LogP contribution in [0.25, 0.3) is 0 Å². The lowest BCUT2D eigenvalue weighted by atomic mass is 10.3. The van der Waals surface area contributed by atoms with Crippen molar-refractivity contribution in [3.8, 4) is 0 Å². The van der Waals surface area contributed by atoms with E-state index in [4.69, 9.17) is 34.8 Å². The number of rotatable bonds is 4. The molecule has 0 unspecified atom stereocenters. The molecule has 1 amide bonds. The summed E-state index contributed by atoms with van der Waals surface area (Å²) in [7, 11) is 0. The first-order valence-electron chi connectivity index (χ1n) is 8.02. The Labute approximate surface area is 161 Å². The first kappa shape index (κ1) is 18.3. The van der Waals surface area contributed by atoms with E-state index in [1.165, 1.54) is 11.0 Å². The van der Waals surface area contributed by atoms with Crippen molar-refractivity contribution >= 4 is 52.2 Å². The van der Waals surface area contributed by atoms with Gasteiger partial charge in [0.15, 0.2) is 6.54 Å². The first-order chi connectivity index (χ1) is 12.0. The number of nitrogens with one attached hydrogen (secondary N) is 3. The molecular formula is C17H19Cl3N4O+2. The van der Waals surface area contributed by atoms with Crippen molar-refractivity contribution in [2.45, 2.75) is 0 Å². The predicted octanol–water partition coefficient (Wildman–Crippen LogP) is 1.80. The Morgan fingerprint density at radius 2 is 1.84 bits per heavy atom. The van der Waals surface area contributed by atoms with Crippen molar-refractivity contribution in [3.63, 3.8) is 0 Å². The van der Waals surface area contributed by atoms with Gasteiger partial charge >= 0.3 is 0 Å². The highest BCUT2D eigenvalue weighted by Gasteiger charge is 2.27. The van der Waals surface area contributed by atoms with Crippen LogP contribution in [0.1, 0.15) is 0 Å². The highest BCUT2D eigenvalue weighted by atomic mass is 35.5. The van der Waals surface area contributed by atoms with E-state index in [0.29, 0.717) is 27.3 Å². The highest BCUT2D eigenvalue weighted by Crippen LogP contribution is 2.32. The van der Waals surface area contributed by atoms with E-state index < -0.39 is 0 Å². The van der Waals surface area contributed by atoms with Gasteiger partial charge in [-0.25, -0.2) is 4.98 Å². The molecule has 1 aromatic heterocycles. The Bertz CT molecular complexity index is 749. The molecule has 0 saturated carbocycles. The van der Waals surface area contributed by atoms with Crippen molar-refractivity contribution in [3.05, 3.63) is 51.6 Å². The normalized spacial score (nSPS) is 15.2. The topological polar surface area (TPSA) is 50.9 Å². The van der Waals surface area contributed by atoms with Gasteiger partial charge in [0.05, 0.1) is 27.0 Å². The molecule has 0 bridgehead atoms. The Balaban J connectivity index is 1.52. The number of aromatic amines is 1. The molecule has 3 N–H and O–H groups in total. The van der Waals surface area contributed by atoms with Crippen LogP contribution in [0.5, 0.6) is 0 Å². The number of aromatic nitrogens is 1. The molecule has 8 heteroatoms. The van der Waals surface area contributed by atoms with Gasteiger partial charge in [-0.3, -0.25) is 9.69 Å². The molecule has 132 valence electrons. The maximum Gasteiger partial charge on any atom is 0.279 e. The van der Waals surface area contributed by atoms with Crippen LogP contribution in [0.2, 0.25) is 15.1 Å². The van der Waals surface area contributed by atoms with Gasteiger partial charge in [-0.15, -0.1) is 0 Å². The minimum Gasteiger partial charge on any atom is -0.321 e. The molecule has 0 spiro atoms. The van der Waals surface area contributed by atoms with Gasteiger partial charge < -0.3 is 10.2 Å². The van der Waals surface area contributed by atoms with Gasteiger partial charge in [0, 0.05) is 6.07 Å². The number of halogens is 3. The second-order valence-electron chi connectivity index (χ2n) is 5.96. The lowest BCUT2D eigenvalue weighted by Crippen LogP contribution is -3.15. The van der Waals surface area contributed by atoms with Gasteiger partial charge in [-0.05, 0) is 18.2 Å². The number of amides is 1. The van der Waals surface area contributed by atoms with E-state index in [1.54, 1.807) is 6.07 Å². The molecule has 1 saturated heterocycles. The number of benzene rings is 1. The number of hydrogen-bond donors (Lipinski definition) is 2. The zero-order valence-corrected chi connectivity index (χ0v) is 15.8. The van der Waals surface area contributed by atoms with Crippen molar-refractivity contribution in [1.82, 2.24) is 0 Å². The summed E-state index contributed by atoms with van der Waals surface area (Å²) < 4.78 is 0. The minimum absolute atomic E-state index is 0.0880. The highest BCUT2D eigenvalue weighted by molar-refractivity contribution is 6.44. The number of anilines is 2. The molecule has 3 rings (SSSR count). The smallest absolute Gasteiger partial charge is 0.279 e. The van der Waals surface area contributed by atoms with Crippen LogP contribution in [-0.2, 0) is 4.79 Å². The van der Waals surface area contributed by atoms with Gasteiger partial charge in [-0.2, -0.15) is 0 Å². The molecule has 5 nitrogen and oxygen atoms in total. The number of H-pyrrole nitrogens is 1. The number of carbonyl (C=O) groups excluding carboxylic acids is 1. The fraction of sp³-hybridized carbons (Fsp3) is 0.294. The molecule has 0 atom stereocenters. The molecule has 2 heterocycles. The SMILES string of the molecule is O=C(C[NH+]1CCN(c2cccc[nH+]2)CC1)Nc1cc(Cl)c(Cl)cc1Cl. The zero-order chi connectivity index (χ0) is 17.8. The molecule has 0 aliphatic carbocycles. The minimum atomic E-state index is -0.0880. The standard InChI is InChI=1S/C17H17Cl3N4O/c18-12-9-14(20)15(10-13(12)19)22-17(25)11-23-5-7-24(8-6-23)16-3-1-2-4-21-16/h1-4,9-10H,5-8,11H2,(H,22,25)/p+2. The number of pyridine rings is 1. The Morgan fingerprint density at radius 3 is 2.52 bits per heavy atom. The average Bonchev–Trinajstić information content (AvgIpc) is 2.61. The van der Waals surface area contributed by atoms with Crippen LogP contribution in [0, 0.1) is 0 Å². The van der Waals surface area contributed by atoms with E-state index in [9.17, 15) is 4.79 Å². The summed E-state index contributed by atoms with van der Waals surface area (Å²) >= 11 is 18.0. The molecule has 2 aromatic rings. The summed E-state index contributed by atoms with van der Waals surface area (Å²) in [4.78, 5) is 19.1. The van der Waals surface area contributed by atoms with Gasteiger partial charge in [0.1, 0.15) is 26.2 Å². The van der Waals surface area contributed by atoms with Crippen LogP contribution in [0.3, 0.4) is 0 Å². The monoisotopic (exact) mass is 400 g/mol. The second-order valence-corrected chi connectivity index (χ2v) is 7.18. The van der Waals surface area contributed by atoms with E-state index >= 15 is 0 Å². The van der Waals surface area contributed by atoms with E-state index in [2.05, 4.69) is 21.3 Å². The summed E-state index contributed by atoms with van der Waals surface area (Å²) in [6.07, 6.45) is 1.92. The fourth-order valence-electron chi connectivity index (χ4n) is 2.86. The number of quaternary nitrogens is 1. The summed E-state index contributed by atoms with van der Waals surface area (Å²) in [6.45, 7) is 3.98. The molecule has 25 heavy (non-hydrogen) atoms. The van der Waals surface area contributed by atoms with Gasteiger partial charge in [0.25, 0.3) is 11.7 Å². The number of hydrogen-bond acceptors (Lipinski definition) is 2. The van der Waals surface area contributed by atoms with E-state index in [-0.39, 0.29) is 5.91 Å². The quantitative estimate of drug-likeness (QED) is 0.768. The van der Waals surface area contributed by atoms with Crippen molar-refractivity contribution < 1.29 is 14.7 Å². The van der Waals surface area contributed by atoms with Gasteiger partial charge in [0.2, 0.25) is 0 Å². The molecule has 1 aliphatic heterocycles. The second kappa shape index (κ2) is 8.23. The Kier molecular flexibility index (Phi) is 6.02. The lowest BCUT2D eigenvalue weighted by molar-refractivity contribution is -0.892. The number of nitrogens with zero attached hydrogens (tertiary/aromatic N) is 1. The molecular weight excluding hydrogens is 383 g/mol. The number of carbonyl (C=O) groups is 1. The van der Waals surface area contributed by atoms with Crippen LogP contribution < -0.4 is 20.1 Å². The van der Waals surface area contributed by atoms with Crippen LogP contribution in [0.4, 0.5) is 11.5 Å². The molecule has 0 radical (unpaired) electrons. The fourth-order valence-corrected chi connectivity index (χ4v) is 3.46.